The number of rotatable bonds is 3. The van der Waals surface area contributed by atoms with Crippen LogP contribution < -0.4 is 0 Å². The van der Waals surface area contributed by atoms with Gasteiger partial charge in [0.2, 0.25) is 10.0 Å². The maximum absolute atomic E-state index is 12.7. The van der Waals surface area contributed by atoms with Gasteiger partial charge in [0, 0.05) is 31.7 Å². The second kappa shape index (κ2) is 6.98. The lowest BCUT2D eigenvalue weighted by atomic mass is 10.1. The van der Waals surface area contributed by atoms with Gasteiger partial charge in [-0.3, -0.25) is 4.79 Å². The van der Waals surface area contributed by atoms with Crippen molar-refractivity contribution >= 4 is 15.9 Å². The Morgan fingerprint density at radius 3 is 2.12 bits per heavy atom. The standard InChI is InChI=1S/C19H22N2O3S/c1-15-6-8-18(9-7-15)25(23,24)21-12-10-20(11-13-21)19(22)17-5-3-4-16(2)14-17/h3-9,14H,10-13H2,1-2H3. The zero-order chi connectivity index (χ0) is 18.0. The number of hydrogen-bond donors (Lipinski definition) is 0. The molecule has 1 aliphatic heterocycles. The van der Waals surface area contributed by atoms with Crippen LogP contribution in [0.3, 0.4) is 0 Å². The molecular formula is C19H22N2O3S. The summed E-state index contributed by atoms with van der Waals surface area (Å²) in [5, 5.41) is 0. The minimum Gasteiger partial charge on any atom is -0.336 e. The number of piperazine rings is 1. The van der Waals surface area contributed by atoms with Crippen molar-refractivity contribution in [2.75, 3.05) is 26.2 Å². The highest BCUT2D eigenvalue weighted by molar-refractivity contribution is 7.89. The summed E-state index contributed by atoms with van der Waals surface area (Å²) in [5.74, 6) is -0.0453. The first-order valence-electron chi connectivity index (χ1n) is 8.31. The zero-order valence-electron chi connectivity index (χ0n) is 14.5. The fourth-order valence-corrected chi connectivity index (χ4v) is 4.37. The molecule has 0 spiro atoms. The van der Waals surface area contributed by atoms with E-state index in [0.717, 1.165) is 11.1 Å². The first-order chi connectivity index (χ1) is 11.9. The molecule has 0 unspecified atom stereocenters. The van der Waals surface area contributed by atoms with Crippen LogP contribution >= 0.6 is 0 Å². The molecule has 3 rings (SSSR count). The number of benzene rings is 2. The molecular weight excluding hydrogens is 336 g/mol. The Kier molecular flexibility index (Phi) is 4.92. The van der Waals surface area contributed by atoms with Crippen molar-refractivity contribution in [2.24, 2.45) is 0 Å². The molecule has 25 heavy (non-hydrogen) atoms. The number of carbonyl (C=O) groups is 1. The molecule has 1 fully saturated rings. The average Bonchev–Trinajstić information content (AvgIpc) is 2.61. The molecule has 0 radical (unpaired) electrons. The van der Waals surface area contributed by atoms with Crippen molar-refractivity contribution < 1.29 is 13.2 Å². The summed E-state index contributed by atoms with van der Waals surface area (Å²) < 4.78 is 26.9. The third kappa shape index (κ3) is 3.75. The van der Waals surface area contributed by atoms with Crippen molar-refractivity contribution in [1.82, 2.24) is 9.21 Å². The van der Waals surface area contributed by atoms with E-state index in [1.165, 1.54) is 4.31 Å². The highest BCUT2D eigenvalue weighted by Crippen LogP contribution is 2.19. The predicted octanol–water partition coefficient (Wildman–Crippen LogP) is 2.45. The molecule has 2 aromatic rings. The predicted molar refractivity (Wildman–Crippen MR) is 97.0 cm³/mol. The van der Waals surface area contributed by atoms with E-state index in [0.29, 0.717) is 36.6 Å². The SMILES string of the molecule is Cc1ccc(S(=O)(=O)N2CCN(C(=O)c3cccc(C)c3)CC2)cc1. The molecule has 1 saturated heterocycles. The van der Waals surface area contributed by atoms with Crippen LogP contribution in [0.2, 0.25) is 0 Å². The Morgan fingerprint density at radius 2 is 1.52 bits per heavy atom. The Bertz CT molecular complexity index is 868. The summed E-state index contributed by atoms with van der Waals surface area (Å²) in [6.45, 7) is 5.30. The van der Waals surface area contributed by atoms with Gasteiger partial charge in [0.05, 0.1) is 4.90 Å². The maximum Gasteiger partial charge on any atom is 0.253 e. The van der Waals surface area contributed by atoms with Gasteiger partial charge in [0.25, 0.3) is 5.91 Å². The first kappa shape index (κ1) is 17.6. The summed E-state index contributed by atoms with van der Waals surface area (Å²) >= 11 is 0. The largest absolute Gasteiger partial charge is 0.336 e. The summed E-state index contributed by atoms with van der Waals surface area (Å²) in [7, 11) is -3.50. The third-order valence-electron chi connectivity index (χ3n) is 4.45. The fraction of sp³-hybridized carbons (Fsp3) is 0.316. The van der Waals surface area contributed by atoms with Gasteiger partial charge in [-0.15, -0.1) is 0 Å². The van der Waals surface area contributed by atoms with Crippen molar-refractivity contribution in [3.05, 3.63) is 65.2 Å². The number of nitrogens with zero attached hydrogens (tertiary/aromatic N) is 2. The summed E-state index contributed by atoms with van der Waals surface area (Å²) in [5.41, 5.74) is 2.70. The van der Waals surface area contributed by atoms with Gasteiger partial charge in [0.1, 0.15) is 0 Å². The third-order valence-corrected chi connectivity index (χ3v) is 6.36. The molecule has 132 valence electrons. The number of hydrogen-bond acceptors (Lipinski definition) is 3. The first-order valence-corrected chi connectivity index (χ1v) is 9.75. The minimum atomic E-state index is -3.50. The number of amides is 1. The van der Waals surface area contributed by atoms with Crippen molar-refractivity contribution in [3.8, 4) is 0 Å². The lowest BCUT2D eigenvalue weighted by Gasteiger charge is -2.34. The van der Waals surface area contributed by atoms with E-state index in [1.807, 2.05) is 32.0 Å². The van der Waals surface area contributed by atoms with E-state index >= 15 is 0 Å². The van der Waals surface area contributed by atoms with Crippen LogP contribution in [-0.4, -0.2) is 49.7 Å². The van der Waals surface area contributed by atoms with Crippen LogP contribution in [0.25, 0.3) is 0 Å². The van der Waals surface area contributed by atoms with Crippen LogP contribution in [0.5, 0.6) is 0 Å². The van der Waals surface area contributed by atoms with E-state index < -0.39 is 10.0 Å². The van der Waals surface area contributed by atoms with Crippen molar-refractivity contribution in [1.29, 1.82) is 0 Å². The van der Waals surface area contributed by atoms with Gasteiger partial charge in [0.15, 0.2) is 0 Å². The van der Waals surface area contributed by atoms with E-state index in [9.17, 15) is 13.2 Å². The zero-order valence-corrected chi connectivity index (χ0v) is 15.3. The molecule has 0 bridgehead atoms. The lowest BCUT2D eigenvalue weighted by Crippen LogP contribution is -2.50. The van der Waals surface area contributed by atoms with Gasteiger partial charge in [-0.05, 0) is 38.1 Å². The second-order valence-corrected chi connectivity index (χ2v) is 8.32. The van der Waals surface area contributed by atoms with Crippen molar-refractivity contribution in [3.63, 3.8) is 0 Å². The van der Waals surface area contributed by atoms with E-state index in [2.05, 4.69) is 0 Å². The van der Waals surface area contributed by atoms with E-state index in [1.54, 1.807) is 35.2 Å². The summed E-state index contributed by atoms with van der Waals surface area (Å²) in [6.07, 6.45) is 0. The summed E-state index contributed by atoms with van der Waals surface area (Å²) in [6, 6.07) is 14.3. The van der Waals surface area contributed by atoms with Gasteiger partial charge >= 0.3 is 0 Å². The number of aryl methyl sites for hydroxylation is 2. The Morgan fingerprint density at radius 1 is 0.880 bits per heavy atom. The second-order valence-electron chi connectivity index (χ2n) is 6.38. The topological polar surface area (TPSA) is 57.7 Å². The molecule has 0 aliphatic carbocycles. The van der Waals surface area contributed by atoms with Gasteiger partial charge in [-0.2, -0.15) is 4.31 Å². The van der Waals surface area contributed by atoms with Gasteiger partial charge in [-0.25, -0.2) is 8.42 Å². The lowest BCUT2D eigenvalue weighted by molar-refractivity contribution is 0.0698. The Labute approximate surface area is 148 Å². The van der Waals surface area contributed by atoms with Gasteiger partial charge in [-0.1, -0.05) is 35.4 Å². The Hall–Kier alpha value is -2.18. The monoisotopic (exact) mass is 358 g/mol. The Balaban J connectivity index is 1.69. The minimum absolute atomic E-state index is 0.0453. The van der Waals surface area contributed by atoms with Gasteiger partial charge < -0.3 is 4.90 Å². The molecule has 0 saturated carbocycles. The number of carbonyl (C=O) groups excluding carboxylic acids is 1. The summed E-state index contributed by atoms with van der Waals surface area (Å²) in [4.78, 5) is 14.6. The van der Waals surface area contributed by atoms with Crippen LogP contribution in [0, 0.1) is 13.8 Å². The maximum atomic E-state index is 12.7. The molecule has 1 heterocycles. The van der Waals surface area contributed by atoms with Crippen molar-refractivity contribution in [2.45, 2.75) is 18.7 Å². The quantitative estimate of drug-likeness (QED) is 0.847. The van der Waals surface area contributed by atoms with Crippen LogP contribution in [-0.2, 0) is 10.0 Å². The van der Waals surface area contributed by atoms with Crippen LogP contribution in [0.1, 0.15) is 21.5 Å². The highest BCUT2D eigenvalue weighted by atomic mass is 32.2. The molecule has 0 aromatic heterocycles. The van der Waals surface area contributed by atoms with Crippen LogP contribution in [0.4, 0.5) is 0 Å². The van der Waals surface area contributed by atoms with Crippen LogP contribution in [0.15, 0.2) is 53.4 Å². The fourth-order valence-electron chi connectivity index (χ4n) is 2.95. The molecule has 0 N–H and O–H groups in total. The number of sulfonamides is 1. The normalized spacial score (nSPS) is 16.0. The molecule has 5 nitrogen and oxygen atoms in total. The van der Waals surface area contributed by atoms with E-state index in [4.69, 9.17) is 0 Å². The molecule has 1 aliphatic rings. The highest BCUT2D eigenvalue weighted by Gasteiger charge is 2.30. The smallest absolute Gasteiger partial charge is 0.253 e. The molecule has 0 atom stereocenters. The molecule has 1 amide bonds. The van der Waals surface area contributed by atoms with E-state index in [-0.39, 0.29) is 5.91 Å². The molecule has 6 heteroatoms. The average molecular weight is 358 g/mol. The molecule has 2 aromatic carbocycles.